The van der Waals surface area contributed by atoms with Crippen LogP contribution in [0.5, 0.6) is 0 Å². The highest BCUT2D eigenvalue weighted by Crippen LogP contribution is 2.15. The zero-order valence-corrected chi connectivity index (χ0v) is 13.5. The molecule has 0 aliphatic carbocycles. The number of anilines is 3. The van der Waals surface area contributed by atoms with E-state index in [0.717, 1.165) is 5.69 Å². The maximum Gasteiger partial charge on any atom is 0.249 e. The first kappa shape index (κ1) is 16.5. The van der Waals surface area contributed by atoms with E-state index >= 15 is 0 Å². The molecule has 25 heavy (non-hydrogen) atoms. The number of ketones is 1. The Morgan fingerprint density at radius 2 is 1.88 bits per heavy atom. The van der Waals surface area contributed by atoms with Crippen LogP contribution in [0.3, 0.4) is 0 Å². The van der Waals surface area contributed by atoms with Gasteiger partial charge in [0.2, 0.25) is 5.95 Å². The fourth-order valence-corrected chi connectivity index (χ4v) is 2.19. The Morgan fingerprint density at radius 3 is 2.60 bits per heavy atom. The van der Waals surface area contributed by atoms with Crippen molar-refractivity contribution in [2.75, 3.05) is 10.6 Å². The second-order valence-corrected chi connectivity index (χ2v) is 5.37. The first-order chi connectivity index (χ1) is 12.1. The molecule has 0 amide bonds. The summed E-state index contributed by atoms with van der Waals surface area (Å²) in [6.07, 6.45) is 1.46. The zero-order valence-electron chi connectivity index (χ0n) is 13.5. The highest BCUT2D eigenvalue weighted by molar-refractivity contribution is 5.94. The average molecular weight is 337 g/mol. The second kappa shape index (κ2) is 7.48. The van der Waals surface area contributed by atoms with Gasteiger partial charge < -0.3 is 10.6 Å². The Kier molecular flexibility index (Phi) is 4.94. The van der Waals surface area contributed by atoms with Gasteiger partial charge in [-0.3, -0.25) is 4.79 Å². The van der Waals surface area contributed by atoms with Crippen molar-refractivity contribution in [3.8, 4) is 0 Å². The minimum Gasteiger partial charge on any atom is -0.364 e. The van der Waals surface area contributed by atoms with E-state index in [9.17, 15) is 9.18 Å². The van der Waals surface area contributed by atoms with Crippen LogP contribution >= 0.6 is 0 Å². The van der Waals surface area contributed by atoms with E-state index in [1.165, 1.54) is 19.2 Å². The topological polar surface area (TPSA) is 79.8 Å². The molecule has 3 rings (SSSR count). The third-order valence-electron chi connectivity index (χ3n) is 3.52. The number of Topliss-reactive ketones (excluding diaryl/α,β-unsaturated/α-hetero) is 1. The maximum absolute atomic E-state index is 13.6. The van der Waals surface area contributed by atoms with Gasteiger partial charge in [0.25, 0.3) is 0 Å². The molecule has 2 aromatic carbocycles. The van der Waals surface area contributed by atoms with Crippen LogP contribution in [0.15, 0.2) is 54.7 Å². The Morgan fingerprint density at radius 1 is 1.12 bits per heavy atom. The van der Waals surface area contributed by atoms with Crippen molar-refractivity contribution in [1.82, 2.24) is 15.2 Å². The van der Waals surface area contributed by atoms with Gasteiger partial charge in [0.05, 0.1) is 6.20 Å². The Balaban J connectivity index is 1.67. The molecule has 0 aliphatic heterocycles. The molecule has 1 aromatic heterocycles. The normalized spacial score (nSPS) is 10.3. The summed E-state index contributed by atoms with van der Waals surface area (Å²) in [5.41, 5.74) is 1.90. The Bertz CT molecular complexity index is 883. The summed E-state index contributed by atoms with van der Waals surface area (Å²) in [5.74, 6) is 0.500. The molecule has 6 nitrogen and oxygen atoms in total. The van der Waals surface area contributed by atoms with Gasteiger partial charge in [-0.15, -0.1) is 5.10 Å². The van der Waals surface area contributed by atoms with Crippen LogP contribution in [-0.4, -0.2) is 21.0 Å². The summed E-state index contributed by atoms with van der Waals surface area (Å²) in [5, 5.41) is 13.8. The standard InChI is InChI=1S/C18H16FN5O/c1-12(25)13-6-8-15(9-7-13)22-18-23-17(11-21-24-18)20-10-14-4-2-3-5-16(14)19/h2-9,11H,10H2,1H3,(H2,20,22,23,24). The molecule has 2 N–H and O–H groups in total. The van der Waals surface area contributed by atoms with Crippen LogP contribution in [0.25, 0.3) is 0 Å². The first-order valence-corrected chi connectivity index (χ1v) is 7.67. The molecule has 0 aliphatic rings. The number of hydrogen-bond donors (Lipinski definition) is 2. The van der Waals surface area contributed by atoms with E-state index in [0.29, 0.717) is 22.9 Å². The lowest BCUT2D eigenvalue weighted by Gasteiger charge is -2.08. The van der Waals surface area contributed by atoms with E-state index < -0.39 is 0 Å². The lowest BCUT2D eigenvalue weighted by Crippen LogP contribution is -2.06. The molecule has 0 radical (unpaired) electrons. The number of nitrogens with one attached hydrogen (secondary N) is 2. The molecule has 0 saturated heterocycles. The molecule has 3 aromatic rings. The second-order valence-electron chi connectivity index (χ2n) is 5.37. The van der Waals surface area contributed by atoms with E-state index in [1.54, 1.807) is 42.5 Å². The van der Waals surface area contributed by atoms with E-state index in [1.807, 2.05) is 0 Å². The zero-order chi connectivity index (χ0) is 17.6. The smallest absolute Gasteiger partial charge is 0.249 e. The molecule has 126 valence electrons. The highest BCUT2D eigenvalue weighted by Gasteiger charge is 2.05. The predicted octanol–water partition coefficient (Wildman–Crippen LogP) is 3.57. The third-order valence-corrected chi connectivity index (χ3v) is 3.52. The molecule has 0 spiro atoms. The summed E-state index contributed by atoms with van der Waals surface area (Å²) >= 11 is 0. The molecule has 0 fully saturated rings. The van der Waals surface area contributed by atoms with Crippen LogP contribution < -0.4 is 10.6 Å². The summed E-state index contributed by atoms with van der Waals surface area (Å²) in [6.45, 7) is 1.80. The largest absolute Gasteiger partial charge is 0.364 e. The van der Waals surface area contributed by atoms with Crippen molar-refractivity contribution in [2.24, 2.45) is 0 Å². The van der Waals surface area contributed by atoms with Crippen molar-refractivity contribution >= 4 is 23.2 Å². The number of aromatic nitrogens is 3. The summed E-state index contributed by atoms with van der Waals surface area (Å²) in [6, 6.07) is 13.5. The van der Waals surface area contributed by atoms with Crippen molar-refractivity contribution in [1.29, 1.82) is 0 Å². The molecule has 7 heteroatoms. The SMILES string of the molecule is CC(=O)c1ccc(Nc2nncc(NCc3ccccc3F)n2)cc1. The Hall–Kier alpha value is -3.35. The van der Waals surface area contributed by atoms with Crippen LogP contribution in [0.2, 0.25) is 0 Å². The van der Waals surface area contributed by atoms with Gasteiger partial charge in [0.15, 0.2) is 11.6 Å². The average Bonchev–Trinajstić information content (AvgIpc) is 2.62. The monoisotopic (exact) mass is 337 g/mol. The maximum atomic E-state index is 13.6. The number of hydrogen-bond acceptors (Lipinski definition) is 6. The fourth-order valence-electron chi connectivity index (χ4n) is 2.19. The van der Waals surface area contributed by atoms with E-state index in [4.69, 9.17) is 0 Å². The minimum atomic E-state index is -0.277. The fraction of sp³-hybridized carbons (Fsp3) is 0.111. The Labute approximate surface area is 144 Å². The van der Waals surface area contributed by atoms with E-state index in [-0.39, 0.29) is 18.1 Å². The van der Waals surface area contributed by atoms with Gasteiger partial charge in [0.1, 0.15) is 5.82 Å². The van der Waals surface area contributed by atoms with Gasteiger partial charge >= 0.3 is 0 Å². The number of carbonyl (C=O) groups excluding carboxylic acids is 1. The minimum absolute atomic E-state index is 0.00353. The van der Waals surface area contributed by atoms with Crippen molar-refractivity contribution in [3.63, 3.8) is 0 Å². The van der Waals surface area contributed by atoms with Gasteiger partial charge in [-0.1, -0.05) is 18.2 Å². The molecule has 1 heterocycles. The number of benzene rings is 2. The van der Waals surface area contributed by atoms with Gasteiger partial charge in [-0.2, -0.15) is 10.1 Å². The first-order valence-electron chi connectivity index (χ1n) is 7.67. The predicted molar refractivity (Wildman–Crippen MR) is 93.3 cm³/mol. The highest BCUT2D eigenvalue weighted by atomic mass is 19.1. The number of carbonyl (C=O) groups is 1. The van der Waals surface area contributed by atoms with Crippen molar-refractivity contribution in [2.45, 2.75) is 13.5 Å². The van der Waals surface area contributed by atoms with Crippen LogP contribution in [0.4, 0.5) is 21.8 Å². The van der Waals surface area contributed by atoms with Gasteiger partial charge in [0, 0.05) is 23.4 Å². The quantitative estimate of drug-likeness (QED) is 0.670. The summed E-state index contributed by atoms with van der Waals surface area (Å²) in [7, 11) is 0. The number of halogens is 1. The molecular weight excluding hydrogens is 321 g/mol. The van der Waals surface area contributed by atoms with Gasteiger partial charge in [-0.05, 0) is 37.3 Å². The van der Waals surface area contributed by atoms with Crippen molar-refractivity contribution in [3.05, 3.63) is 71.7 Å². The van der Waals surface area contributed by atoms with Crippen LogP contribution in [0, 0.1) is 5.82 Å². The van der Waals surface area contributed by atoms with Crippen molar-refractivity contribution < 1.29 is 9.18 Å². The lowest BCUT2D eigenvalue weighted by atomic mass is 10.1. The third kappa shape index (κ3) is 4.35. The van der Waals surface area contributed by atoms with Crippen LogP contribution in [-0.2, 0) is 6.54 Å². The van der Waals surface area contributed by atoms with Gasteiger partial charge in [-0.25, -0.2) is 4.39 Å². The molecule has 0 saturated carbocycles. The summed E-state index contributed by atoms with van der Waals surface area (Å²) in [4.78, 5) is 15.6. The molecular formula is C18H16FN5O. The number of nitrogens with zero attached hydrogens (tertiary/aromatic N) is 3. The molecule has 0 bridgehead atoms. The number of rotatable bonds is 6. The molecule has 0 atom stereocenters. The summed E-state index contributed by atoms with van der Waals surface area (Å²) < 4.78 is 13.6. The van der Waals surface area contributed by atoms with E-state index in [2.05, 4.69) is 25.8 Å². The van der Waals surface area contributed by atoms with Crippen LogP contribution in [0.1, 0.15) is 22.8 Å². The molecule has 0 unspecified atom stereocenters. The lowest BCUT2D eigenvalue weighted by molar-refractivity contribution is 0.101.